The van der Waals surface area contributed by atoms with Crippen LogP contribution >= 0.6 is 11.6 Å². The second-order valence-corrected chi connectivity index (χ2v) is 3.65. The maximum atomic E-state index is 10.9. The van der Waals surface area contributed by atoms with Gasteiger partial charge in [-0.05, 0) is 19.1 Å². The fourth-order valence-corrected chi connectivity index (χ4v) is 1.69. The van der Waals surface area contributed by atoms with Gasteiger partial charge in [-0.15, -0.1) is 0 Å². The monoisotopic (exact) mass is 221 g/mol. The molecule has 1 N–H and O–H groups in total. The molecule has 0 amide bonds. The lowest BCUT2D eigenvalue weighted by Gasteiger charge is -2.04. The Morgan fingerprint density at radius 1 is 1.47 bits per heavy atom. The number of pyridine rings is 1. The number of aromatic nitrogens is 1. The number of hydrogen-bond donors (Lipinski definition) is 1. The number of carboxylic acid groups (broad SMARTS) is 1. The second-order valence-electron chi connectivity index (χ2n) is 3.24. The van der Waals surface area contributed by atoms with E-state index in [0.717, 1.165) is 5.39 Å². The van der Waals surface area contributed by atoms with Crippen molar-refractivity contribution in [3.8, 4) is 0 Å². The molecular formula is C11H8ClNO2. The summed E-state index contributed by atoms with van der Waals surface area (Å²) in [4.78, 5) is 15.1. The Hall–Kier alpha value is -1.61. The highest BCUT2D eigenvalue weighted by atomic mass is 35.5. The molecule has 3 nitrogen and oxygen atoms in total. The summed E-state index contributed by atoms with van der Waals surface area (Å²) in [6.07, 6.45) is 0. The van der Waals surface area contributed by atoms with Crippen LogP contribution in [0, 0.1) is 6.92 Å². The molecule has 1 heterocycles. The molecule has 0 aliphatic heterocycles. The van der Waals surface area contributed by atoms with E-state index in [9.17, 15) is 4.79 Å². The fourth-order valence-electron chi connectivity index (χ4n) is 1.47. The zero-order chi connectivity index (χ0) is 11.0. The van der Waals surface area contributed by atoms with E-state index in [-0.39, 0.29) is 5.56 Å². The lowest BCUT2D eigenvalue weighted by Crippen LogP contribution is -2.01. The molecule has 0 aliphatic carbocycles. The summed E-state index contributed by atoms with van der Waals surface area (Å²) in [7, 11) is 0. The number of carboxylic acids is 1. The molecule has 0 bridgehead atoms. The van der Waals surface area contributed by atoms with Crippen LogP contribution in [0.1, 0.15) is 16.1 Å². The second kappa shape index (κ2) is 3.51. The molecular weight excluding hydrogens is 214 g/mol. The minimum absolute atomic E-state index is 0.213. The van der Waals surface area contributed by atoms with Gasteiger partial charge in [0.2, 0.25) is 0 Å². The van der Waals surface area contributed by atoms with Crippen LogP contribution in [0.2, 0.25) is 5.02 Å². The molecule has 0 saturated heterocycles. The summed E-state index contributed by atoms with van der Waals surface area (Å²) < 4.78 is 0. The van der Waals surface area contributed by atoms with Crippen molar-refractivity contribution in [3.63, 3.8) is 0 Å². The first kappa shape index (κ1) is 9.93. The van der Waals surface area contributed by atoms with Crippen LogP contribution in [0.15, 0.2) is 24.3 Å². The fraction of sp³-hybridized carbons (Fsp3) is 0.0909. The highest BCUT2D eigenvalue weighted by Gasteiger charge is 2.10. The number of rotatable bonds is 1. The molecule has 0 unspecified atom stereocenters. The third-order valence-electron chi connectivity index (χ3n) is 2.22. The maximum Gasteiger partial charge on any atom is 0.337 e. The Labute approximate surface area is 91.3 Å². The zero-order valence-corrected chi connectivity index (χ0v) is 8.75. The Balaban J connectivity index is 2.82. The number of benzene rings is 1. The van der Waals surface area contributed by atoms with E-state index < -0.39 is 5.97 Å². The molecule has 0 spiro atoms. The average molecular weight is 222 g/mol. The summed E-state index contributed by atoms with van der Waals surface area (Å²) in [5.74, 6) is -0.970. The first-order chi connectivity index (χ1) is 7.09. The average Bonchev–Trinajstić information content (AvgIpc) is 2.18. The Kier molecular flexibility index (Phi) is 2.32. The molecule has 0 atom stereocenters. The van der Waals surface area contributed by atoms with Gasteiger partial charge in [0.05, 0.1) is 21.8 Å². The molecule has 0 fully saturated rings. The summed E-state index contributed by atoms with van der Waals surface area (Å²) in [5.41, 5.74) is 1.33. The van der Waals surface area contributed by atoms with Crippen LogP contribution in [0.25, 0.3) is 10.9 Å². The number of hydrogen-bond acceptors (Lipinski definition) is 2. The lowest BCUT2D eigenvalue weighted by molar-refractivity contribution is 0.0696. The number of halogens is 1. The molecule has 2 aromatic rings. The summed E-state index contributed by atoms with van der Waals surface area (Å²) in [6.45, 7) is 1.66. The third kappa shape index (κ3) is 1.66. The van der Waals surface area contributed by atoms with Crippen molar-refractivity contribution >= 4 is 28.5 Å². The topological polar surface area (TPSA) is 50.2 Å². The van der Waals surface area contributed by atoms with E-state index in [1.54, 1.807) is 31.2 Å². The van der Waals surface area contributed by atoms with Gasteiger partial charge in [-0.25, -0.2) is 4.79 Å². The number of para-hydroxylation sites is 1. The number of nitrogens with zero attached hydrogens (tertiary/aromatic N) is 1. The van der Waals surface area contributed by atoms with Gasteiger partial charge < -0.3 is 5.11 Å². The Morgan fingerprint density at radius 2 is 2.20 bits per heavy atom. The first-order valence-electron chi connectivity index (χ1n) is 4.39. The molecule has 1 aromatic heterocycles. The van der Waals surface area contributed by atoms with Crippen LogP contribution in [-0.2, 0) is 0 Å². The number of aryl methyl sites for hydroxylation is 1. The summed E-state index contributed by atoms with van der Waals surface area (Å²) in [5, 5.41) is 10.2. The van der Waals surface area contributed by atoms with Crippen molar-refractivity contribution in [1.29, 1.82) is 0 Å². The van der Waals surface area contributed by atoms with E-state index in [1.165, 1.54) is 0 Å². The van der Waals surface area contributed by atoms with Crippen LogP contribution in [-0.4, -0.2) is 16.1 Å². The van der Waals surface area contributed by atoms with Gasteiger partial charge in [0.1, 0.15) is 0 Å². The summed E-state index contributed by atoms with van der Waals surface area (Å²) >= 11 is 5.95. The lowest BCUT2D eigenvalue weighted by atomic mass is 10.1. The number of fused-ring (bicyclic) bond motifs is 1. The van der Waals surface area contributed by atoms with Gasteiger partial charge in [0.15, 0.2) is 0 Å². The maximum absolute atomic E-state index is 10.9. The molecule has 1 aromatic carbocycles. The van der Waals surface area contributed by atoms with Crippen molar-refractivity contribution in [3.05, 3.63) is 40.5 Å². The van der Waals surface area contributed by atoms with Gasteiger partial charge in [-0.3, -0.25) is 4.98 Å². The smallest absolute Gasteiger partial charge is 0.337 e. The predicted molar refractivity (Wildman–Crippen MR) is 58.4 cm³/mol. The highest BCUT2D eigenvalue weighted by molar-refractivity contribution is 6.35. The Morgan fingerprint density at radius 3 is 2.87 bits per heavy atom. The number of carbonyl (C=O) groups is 1. The minimum atomic E-state index is -0.970. The van der Waals surface area contributed by atoms with Crippen LogP contribution in [0.3, 0.4) is 0 Å². The number of aromatic carboxylic acids is 1. The van der Waals surface area contributed by atoms with E-state index >= 15 is 0 Å². The quantitative estimate of drug-likeness (QED) is 0.806. The standard InChI is InChI=1S/C11H8ClNO2/c1-6-8(11(14)15)5-7-3-2-4-9(12)10(7)13-6/h2-5H,1H3,(H,14,15). The van der Waals surface area contributed by atoms with E-state index in [1.807, 2.05) is 0 Å². The predicted octanol–water partition coefficient (Wildman–Crippen LogP) is 2.89. The van der Waals surface area contributed by atoms with Gasteiger partial charge >= 0.3 is 5.97 Å². The summed E-state index contributed by atoms with van der Waals surface area (Å²) in [6, 6.07) is 6.88. The Bertz CT molecular complexity index is 552. The molecule has 15 heavy (non-hydrogen) atoms. The molecule has 76 valence electrons. The van der Waals surface area contributed by atoms with Crippen molar-refractivity contribution in [2.45, 2.75) is 6.92 Å². The van der Waals surface area contributed by atoms with Gasteiger partial charge in [-0.1, -0.05) is 23.7 Å². The molecule has 0 radical (unpaired) electrons. The van der Waals surface area contributed by atoms with E-state index in [0.29, 0.717) is 16.2 Å². The first-order valence-corrected chi connectivity index (χ1v) is 4.76. The SMILES string of the molecule is Cc1nc2c(Cl)cccc2cc1C(=O)O. The molecule has 0 aliphatic rings. The van der Waals surface area contributed by atoms with Crippen LogP contribution in [0.5, 0.6) is 0 Å². The zero-order valence-electron chi connectivity index (χ0n) is 7.99. The molecule has 0 saturated carbocycles. The third-order valence-corrected chi connectivity index (χ3v) is 2.52. The van der Waals surface area contributed by atoms with Crippen molar-refractivity contribution in [2.24, 2.45) is 0 Å². The minimum Gasteiger partial charge on any atom is -0.478 e. The van der Waals surface area contributed by atoms with Crippen molar-refractivity contribution < 1.29 is 9.90 Å². The largest absolute Gasteiger partial charge is 0.478 e. The van der Waals surface area contributed by atoms with Gasteiger partial charge in [0.25, 0.3) is 0 Å². The van der Waals surface area contributed by atoms with Crippen molar-refractivity contribution in [1.82, 2.24) is 4.98 Å². The van der Waals surface area contributed by atoms with Gasteiger partial charge in [-0.2, -0.15) is 0 Å². The van der Waals surface area contributed by atoms with Gasteiger partial charge in [0, 0.05) is 5.39 Å². The molecule has 4 heteroatoms. The normalized spacial score (nSPS) is 10.5. The van der Waals surface area contributed by atoms with Crippen LogP contribution < -0.4 is 0 Å². The highest BCUT2D eigenvalue weighted by Crippen LogP contribution is 2.23. The van der Waals surface area contributed by atoms with Crippen molar-refractivity contribution in [2.75, 3.05) is 0 Å². The van der Waals surface area contributed by atoms with Crippen LogP contribution in [0.4, 0.5) is 0 Å². The van der Waals surface area contributed by atoms with E-state index in [4.69, 9.17) is 16.7 Å². The molecule has 2 rings (SSSR count). The van der Waals surface area contributed by atoms with E-state index in [2.05, 4.69) is 4.98 Å².